The molecule has 6 nitrogen and oxygen atoms in total. The third-order valence-electron chi connectivity index (χ3n) is 3.73. The van der Waals surface area contributed by atoms with Crippen LogP contribution in [0.5, 0.6) is 0 Å². The summed E-state index contributed by atoms with van der Waals surface area (Å²) < 4.78 is 0. The molecule has 0 radical (unpaired) electrons. The van der Waals surface area contributed by atoms with Gasteiger partial charge in [0.05, 0.1) is 5.02 Å². The number of nitrogens with one attached hydrogen (secondary N) is 2. The first-order valence-corrected chi connectivity index (χ1v) is 6.97. The van der Waals surface area contributed by atoms with Gasteiger partial charge in [-0.05, 0) is 24.1 Å². The first kappa shape index (κ1) is 13.8. The van der Waals surface area contributed by atoms with Crippen LogP contribution in [0, 0.1) is 0 Å². The molecule has 2 heterocycles. The zero-order valence-corrected chi connectivity index (χ0v) is 11.9. The number of aromatic amines is 1. The quantitative estimate of drug-likeness (QED) is 0.812. The van der Waals surface area contributed by atoms with Gasteiger partial charge in [0.1, 0.15) is 6.04 Å². The van der Waals surface area contributed by atoms with Crippen molar-refractivity contribution in [3.8, 4) is 0 Å². The molecule has 3 rings (SSSR count). The van der Waals surface area contributed by atoms with Crippen LogP contribution in [0.4, 0.5) is 4.79 Å². The number of carbonyl (C=O) groups excluding carboxylic acids is 1. The molecule has 1 aromatic carbocycles. The Labute approximate surface area is 125 Å². The van der Waals surface area contributed by atoms with Crippen molar-refractivity contribution < 1.29 is 14.7 Å². The van der Waals surface area contributed by atoms with Crippen molar-refractivity contribution in [2.24, 2.45) is 0 Å². The van der Waals surface area contributed by atoms with Gasteiger partial charge >= 0.3 is 6.09 Å². The van der Waals surface area contributed by atoms with Crippen molar-refractivity contribution >= 4 is 34.5 Å². The average Bonchev–Trinajstić information content (AvgIpc) is 2.76. The molecule has 3 N–H and O–H groups in total. The molecule has 0 bridgehead atoms. The number of carbonyl (C=O) groups is 2. The minimum atomic E-state index is -1.05. The number of H-pyrrole nitrogens is 1. The Morgan fingerprint density at radius 3 is 2.95 bits per heavy atom. The average molecular weight is 308 g/mol. The molecule has 0 saturated carbocycles. The Kier molecular flexibility index (Phi) is 3.47. The Hall–Kier alpha value is -2.21. The van der Waals surface area contributed by atoms with E-state index < -0.39 is 12.1 Å². The molecule has 7 heteroatoms. The van der Waals surface area contributed by atoms with E-state index in [1.165, 1.54) is 0 Å². The minimum Gasteiger partial charge on any atom is -0.465 e. The van der Waals surface area contributed by atoms with E-state index in [0.717, 1.165) is 21.4 Å². The SMILES string of the molecule is O=C(NCc1ccc2[nH]cc(Cl)c2c1)[C@@H]1CCN1C(=O)O. The standard InChI is InChI=1S/C14H14ClN3O3/c15-10-7-16-11-2-1-8(5-9(10)11)6-17-13(19)12-3-4-18(12)14(20)21/h1-2,5,7,12,16H,3-4,6H2,(H,17,19)(H,20,21)/t12-/m0/s1. The lowest BCUT2D eigenvalue weighted by molar-refractivity contribution is -0.129. The minimum absolute atomic E-state index is 0.260. The van der Waals surface area contributed by atoms with Crippen LogP contribution in [-0.4, -0.2) is 39.6 Å². The molecule has 1 aromatic heterocycles. The second kappa shape index (κ2) is 5.29. The van der Waals surface area contributed by atoms with Crippen molar-refractivity contribution in [2.45, 2.75) is 19.0 Å². The number of fused-ring (bicyclic) bond motifs is 1. The van der Waals surface area contributed by atoms with Crippen LogP contribution < -0.4 is 5.32 Å². The number of hydrogen-bond acceptors (Lipinski definition) is 2. The van der Waals surface area contributed by atoms with Gasteiger partial charge in [0.25, 0.3) is 0 Å². The molecule has 1 aliphatic rings. The van der Waals surface area contributed by atoms with E-state index in [1.54, 1.807) is 6.20 Å². The Balaban J connectivity index is 1.65. The summed E-state index contributed by atoms with van der Waals surface area (Å²) in [7, 11) is 0. The summed E-state index contributed by atoms with van der Waals surface area (Å²) in [5.74, 6) is -0.260. The summed E-state index contributed by atoms with van der Waals surface area (Å²) in [5, 5.41) is 13.2. The maximum atomic E-state index is 11.9. The predicted molar refractivity (Wildman–Crippen MR) is 78.3 cm³/mol. The molecule has 0 aliphatic carbocycles. The fraction of sp³-hybridized carbons (Fsp3) is 0.286. The molecule has 110 valence electrons. The first-order valence-electron chi connectivity index (χ1n) is 6.59. The van der Waals surface area contributed by atoms with E-state index >= 15 is 0 Å². The number of rotatable bonds is 3. The van der Waals surface area contributed by atoms with Crippen LogP contribution >= 0.6 is 11.6 Å². The fourth-order valence-electron chi connectivity index (χ4n) is 2.44. The summed E-state index contributed by atoms with van der Waals surface area (Å²) in [5.41, 5.74) is 1.85. The normalized spacial score (nSPS) is 17.6. The monoisotopic (exact) mass is 307 g/mol. The van der Waals surface area contributed by atoms with Crippen LogP contribution in [0.15, 0.2) is 24.4 Å². The Bertz CT molecular complexity index is 713. The van der Waals surface area contributed by atoms with Gasteiger partial charge in [0.15, 0.2) is 0 Å². The molecule has 1 fully saturated rings. The van der Waals surface area contributed by atoms with E-state index in [-0.39, 0.29) is 5.91 Å². The molecular formula is C14H14ClN3O3. The van der Waals surface area contributed by atoms with Crippen LogP contribution in [-0.2, 0) is 11.3 Å². The van der Waals surface area contributed by atoms with Gasteiger partial charge in [-0.25, -0.2) is 4.79 Å². The third-order valence-corrected chi connectivity index (χ3v) is 4.04. The predicted octanol–water partition coefficient (Wildman–Crippen LogP) is 2.19. The molecular weight excluding hydrogens is 294 g/mol. The van der Waals surface area contributed by atoms with E-state index in [4.69, 9.17) is 16.7 Å². The van der Waals surface area contributed by atoms with E-state index in [9.17, 15) is 9.59 Å². The molecule has 0 unspecified atom stereocenters. The summed E-state index contributed by atoms with van der Waals surface area (Å²) in [4.78, 5) is 27.0. The number of benzene rings is 1. The summed E-state index contributed by atoms with van der Waals surface area (Å²) in [6, 6.07) is 5.13. The van der Waals surface area contributed by atoms with Crippen molar-refractivity contribution in [1.29, 1.82) is 0 Å². The van der Waals surface area contributed by atoms with Crippen LogP contribution in [0.25, 0.3) is 10.9 Å². The number of carboxylic acid groups (broad SMARTS) is 1. The van der Waals surface area contributed by atoms with Crippen molar-refractivity contribution in [3.63, 3.8) is 0 Å². The lowest BCUT2D eigenvalue weighted by atomic mass is 10.0. The van der Waals surface area contributed by atoms with Crippen LogP contribution in [0.3, 0.4) is 0 Å². The highest BCUT2D eigenvalue weighted by Crippen LogP contribution is 2.24. The summed E-state index contributed by atoms with van der Waals surface area (Å²) in [6.45, 7) is 0.762. The molecule has 1 atom stereocenters. The number of amides is 2. The number of nitrogens with zero attached hydrogens (tertiary/aromatic N) is 1. The van der Waals surface area contributed by atoms with Gasteiger partial charge in [0.2, 0.25) is 5.91 Å². The maximum absolute atomic E-state index is 11.9. The highest BCUT2D eigenvalue weighted by molar-refractivity contribution is 6.35. The second-order valence-electron chi connectivity index (χ2n) is 5.01. The van der Waals surface area contributed by atoms with E-state index in [2.05, 4.69) is 10.3 Å². The van der Waals surface area contributed by atoms with Gasteiger partial charge in [-0.3, -0.25) is 9.69 Å². The van der Waals surface area contributed by atoms with E-state index in [1.807, 2.05) is 18.2 Å². The first-order chi connectivity index (χ1) is 10.1. The largest absolute Gasteiger partial charge is 0.465 e. The molecule has 1 aliphatic heterocycles. The zero-order chi connectivity index (χ0) is 15.0. The molecule has 1 saturated heterocycles. The summed E-state index contributed by atoms with van der Waals surface area (Å²) >= 11 is 6.05. The zero-order valence-electron chi connectivity index (χ0n) is 11.1. The topological polar surface area (TPSA) is 85.4 Å². The number of aromatic nitrogens is 1. The molecule has 21 heavy (non-hydrogen) atoms. The van der Waals surface area contributed by atoms with Gasteiger partial charge in [0, 0.05) is 30.2 Å². The molecule has 2 aromatic rings. The lowest BCUT2D eigenvalue weighted by Gasteiger charge is -2.37. The Morgan fingerprint density at radius 2 is 2.29 bits per heavy atom. The lowest BCUT2D eigenvalue weighted by Crippen LogP contribution is -2.57. The highest BCUT2D eigenvalue weighted by atomic mass is 35.5. The van der Waals surface area contributed by atoms with Crippen molar-refractivity contribution in [2.75, 3.05) is 6.54 Å². The summed E-state index contributed by atoms with van der Waals surface area (Å²) in [6.07, 6.45) is 1.23. The van der Waals surface area contributed by atoms with E-state index in [0.29, 0.717) is 24.5 Å². The number of likely N-dealkylation sites (tertiary alicyclic amines) is 1. The van der Waals surface area contributed by atoms with Gasteiger partial charge in [-0.1, -0.05) is 17.7 Å². The number of hydrogen-bond donors (Lipinski definition) is 3. The number of halogens is 1. The van der Waals surface area contributed by atoms with Crippen LogP contribution in [0.1, 0.15) is 12.0 Å². The van der Waals surface area contributed by atoms with Gasteiger partial charge in [-0.15, -0.1) is 0 Å². The van der Waals surface area contributed by atoms with Crippen molar-refractivity contribution in [1.82, 2.24) is 15.2 Å². The highest BCUT2D eigenvalue weighted by Gasteiger charge is 2.37. The van der Waals surface area contributed by atoms with Gasteiger partial charge < -0.3 is 15.4 Å². The third kappa shape index (κ3) is 2.54. The van der Waals surface area contributed by atoms with Crippen molar-refractivity contribution in [3.05, 3.63) is 35.0 Å². The van der Waals surface area contributed by atoms with Crippen LogP contribution in [0.2, 0.25) is 5.02 Å². The Morgan fingerprint density at radius 1 is 1.48 bits per heavy atom. The van der Waals surface area contributed by atoms with Gasteiger partial charge in [-0.2, -0.15) is 0 Å². The fourth-order valence-corrected chi connectivity index (χ4v) is 2.65. The second-order valence-corrected chi connectivity index (χ2v) is 5.42. The molecule has 2 amide bonds. The maximum Gasteiger partial charge on any atom is 0.407 e. The molecule has 0 spiro atoms. The smallest absolute Gasteiger partial charge is 0.407 e.